The molecule has 0 bridgehead atoms. The van der Waals surface area contributed by atoms with E-state index >= 15 is 0 Å². The smallest absolute Gasteiger partial charge is 0.306 e. The summed E-state index contributed by atoms with van der Waals surface area (Å²) < 4.78 is 0. The lowest BCUT2D eigenvalue weighted by molar-refractivity contribution is -0.141. The van der Waals surface area contributed by atoms with Crippen LogP contribution in [0.25, 0.3) is 0 Å². The third-order valence-electron chi connectivity index (χ3n) is 2.29. The molecule has 56 valence electrons. The lowest BCUT2D eigenvalue weighted by Gasteiger charge is -2.05. The fraction of sp³-hybridized carbons (Fsp3) is 0.833. The quantitative estimate of drug-likeness (QED) is 0.471. The Morgan fingerprint density at radius 3 is 2.40 bits per heavy atom. The van der Waals surface area contributed by atoms with Gasteiger partial charge in [0.15, 0.2) is 0 Å². The minimum absolute atomic E-state index is 0.0982. The first-order valence-electron chi connectivity index (χ1n) is 3.59. The molecule has 3 atom stereocenters. The van der Waals surface area contributed by atoms with Crippen molar-refractivity contribution in [2.45, 2.75) is 24.7 Å². The molecule has 0 radical (unpaired) electrons. The summed E-state index contributed by atoms with van der Waals surface area (Å²) in [6, 6.07) is 0.0982. The van der Waals surface area contributed by atoms with E-state index in [1.54, 1.807) is 0 Å². The van der Waals surface area contributed by atoms with Crippen LogP contribution in [0.1, 0.15) is 12.8 Å². The van der Waals surface area contributed by atoms with Crippen molar-refractivity contribution in [2.75, 3.05) is 0 Å². The molecule has 1 saturated carbocycles. The molecule has 0 amide bonds. The number of rotatable bonds is 1. The molecule has 0 spiro atoms. The molecule has 0 aromatic rings. The van der Waals surface area contributed by atoms with Gasteiger partial charge in [-0.05, 0) is 12.8 Å². The normalized spacial score (nSPS) is 39.9. The fourth-order valence-corrected chi connectivity index (χ4v) is 1.48. The van der Waals surface area contributed by atoms with Crippen LogP contribution in [0, 0.1) is 5.92 Å². The van der Waals surface area contributed by atoms with Crippen LogP contribution in [0.3, 0.4) is 0 Å². The molecule has 1 fully saturated rings. The lowest BCUT2D eigenvalue weighted by Crippen LogP contribution is -2.21. The zero-order valence-electron chi connectivity index (χ0n) is 6.08. The second kappa shape index (κ2) is 2.62. The van der Waals surface area contributed by atoms with E-state index in [1.807, 2.05) is 7.85 Å². The van der Waals surface area contributed by atoms with Crippen molar-refractivity contribution >= 4 is 13.8 Å². The van der Waals surface area contributed by atoms with E-state index < -0.39 is 5.97 Å². The highest BCUT2D eigenvalue weighted by Gasteiger charge is 2.32. The van der Waals surface area contributed by atoms with Gasteiger partial charge in [0.05, 0.1) is 5.92 Å². The zero-order valence-corrected chi connectivity index (χ0v) is 6.08. The van der Waals surface area contributed by atoms with Crippen LogP contribution in [0.5, 0.6) is 0 Å². The first kappa shape index (κ1) is 7.60. The molecular weight excluding hydrogens is 129 g/mol. The van der Waals surface area contributed by atoms with Gasteiger partial charge in [0, 0.05) is 6.04 Å². The van der Waals surface area contributed by atoms with E-state index in [-0.39, 0.29) is 12.0 Å². The summed E-state index contributed by atoms with van der Waals surface area (Å²) in [7, 11) is 2.01. The van der Waals surface area contributed by atoms with E-state index in [4.69, 9.17) is 10.8 Å². The molecule has 0 aliphatic heterocycles. The van der Waals surface area contributed by atoms with Crippen LogP contribution in [-0.4, -0.2) is 25.0 Å². The third kappa shape index (κ3) is 1.32. The molecule has 0 aromatic heterocycles. The van der Waals surface area contributed by atoms with Crippen LogP contribution in [-0.2, 0) is 4.79 Å². The van der Waals surface area contributed by atoms with Crippen molar-refractivity contribution in [2.24, 2.45) is 11.7 Å². The molecule has 3 unspecified atom stereocenters. The molecule has 10 heavy (non-hydrogen) atoms. The number of carboxylic acid groups (broad SMARTS) is 1. The van der Waals surface area contributed by atoms with Gasteiger partial charge in [0.25, 0.3) is 0 Å². The van der Waals surface area contributed by atoms with Crippen LogP contribution in [0.4, 0.5) is 0 Å². The first-order chi connectivity index (χ1) is 4.61. The molecule has 4 heteroatoms. The van der Waals surface area contributed by atoms with Crippen LogP contribution < -0.4 is 5.73 Å². The Hall–Kier alpha value is -0.505. The largest absolute Gasteiger partial charge is 0.481 e. The number of hydrogen-bond donors (Lipinski definition) is 2. The van der Waals surface area contributed by atoms with Crippen molar-refractivity contribution in [3.63, 3.8) is 0 Å². The van der Waals surface area contributed by atoms with Gasteiger partial charge in [0.1, 0.15) is 7.85 Å². The van der Waals surface area contributed by atoms with Crippen molar-refractivity contribution in [1.82, 2.24) is 0 Å². The van der Waals surface area contributed by atoms with Gasteiger partial charge in [-0.1, -0.05) is 5.82 Å². The first-order valence-corrected chi connectivity index (χ1v) is 3.59. The third-order valence-corrected chi connectivity index (χ3v) is 2.29. The summed E-state index contributed by atoms with van der Waals surface area (Å²) in [4.78, 5) is 10.4. The number of nitrogens with two attached hydrogens (primary N) is 1. The number of carbonyl (C=O) groups is 1. The summed E-state index contributed by atoms with van der Waals surface area (Å²) in [5.74, 6) is -0.508. The van der Waals surface area contributed by atoms with Crippen molar-refractivity contribution in [3.05, 3.63) is 0 Å². The number of aliphatic carboxylic acids is 1. The minimum Gasteiger partial charge on any atom is -0.481 e. The van der Waals surface area contributed by atoms with E-state index in [0.717, 1.165) is 6.42 Å². The van der Waals surface area contributed by atoms with Gasteiger partial charge in [-0.2, -0.15) is 0 Å². The Morgan fingerprint density at radius 1 is 1.60 bits per heavy atom. The van der Waals surface area contributed by atoms with Gasteiger partial charge in [0.2, 0.25) is 0 Å². The van der Waals surface area contributed by atoms with E-state index in [1.165, 1.54) is 0 Å². The van der Waals surface area contributed by atoms with E-state index in [2.05, 4.69) is 0 Å². The van der Waals surface area contributed by atoms with Crippen LogP contribution in [0.15, 0.2) is 0 Å². The summed E-state index contributed by atoms with van der Waals surface area (Å²) in [6.45, 7) is 0. The molecule has 3 N–H and O–H groups in total. The van der Waals surface area contributed by atoms with Gasteiger partial charge in [-0.25, -0.2) is 0 Å². The topological polar surface area (TPSA) is 63.3 Å². The summed E-state index contributed by atoms with van der Waals surface area (Å²) in [6.07, 6.45) is 1.40. The highest BCUT2D eigenvalue weighted by molar-refractivity contribution is 6.12. The Bertz CT molecular complexity index is 141. The highest BCUT2D eigenvalue weighted by atomic mass is 16.4. The SMILES string of the molecule is BC1CC(C(=O)O)CC1N. The van der Waals surface area contributed by atoms with E-state index in [0.29, 0.717) is 12.2 Å². The summed E-state index contributed by atoms with van der Waals surface area (Å²) in [5.41, 5.74) is 5.64. The average molecular weight is 141 g/mol. The molecule has 1 rings (SSSR count). The van der Waals surface area contributed by atoms with Crippen molar-refractivity contribution < 1.29 is 9.90 Å². The van der Waals surface area contributed by atoms with Gasteiger partial charge in [-0.15, -0.1) is 0 Å². The zero-order chi connectivity index (χ0) is 7.72. The lowest BCUT2D eigenvalue weighted by atomic mass is 9.83. The van der Waals surface area contributed by atoms with Crippen LogP contribution in [0.2, 0.25) is 5.82 Å². The summed E-state index contributed by atoms with van der Waals surface area (Å²) in [5, 5.41) is 8.59. The molecule has 1 aliphatic rings. The Labute approximate surface area is 61.0 Å². The second-order valence-corrected chi connectivity index (χ2v) is 3.15. The monoisotopic (exact) mass is 141 g/mol. The maximum Gasteiger partial charge on any atom is 0.306 e. The van der Waals surface area contributed by atoms with Gasteiger partial charge >= 0.3 is 5.97 Å². The standard InChI is InChI=1S/C6H12BNO2/c7-4-1-3(6(9)10)2-5(4)8/h3-5H,1-2,7-8H2,(H,9,10). The number of hydrogen-bond acceptors (Lipinski definition) is 2. The molecule has 0 saturated heterocycles. The van der Waals surface area contributed by atoms with E-state index in [9.17, 15) is 4.79 Å². The maximum absolute atomic E-state index is 10.4. The average Bonchev–Trinajstić information content (AvgIpc) is 2.13. The van der Waals surface area contributed by atoms with Gasteiger partial charge < -0.3 is 10.8 Å². The Morgan fingerprint density at radius 2 is 2.20 bits per heavy atom. The predicted octanol–water partition coefficient (Wildman–Crippen LogP) is -0.770. The highest BCUT2D eigenvalue weighted by Crippen LogP contribution is 2.31. The van der Waals surface area contributed by atoms with Crippen molar-refractivity contribution in [1.29, 1.82) is 0 Å². The van der Waals surface area contributed by atoms with Crippen molar-refractivity contribution in [3.8, 4) is 0 Å². The minimum atomic E-state index is -0.695. The maximum atomic E-state index is 10.4. The molecule has 3 nitrogen and oxygen atoms in total. The Kier molecular flexibility index (Phi) is 1.99. The predicted molar refractivity (Wildman–Crippen MR) is 40.6 cm³/mol. The van der Waals surface area contributed by atoms with Crippen LogP contribution >= 0.6 is 0 Å². The molecule has 1 aliphatic carbocycles. The Balaban J connectivity index is 2.49. The second-order valence-electron chi connectivity index (χ2n) is 3.15. The molecule has 0 aromatic carbocycles. The number of carboxylic acids is 1. The molecule has 0 heterocycles. The fourth-order valence-electron chi connectivity index (χ4n) is 1.48. The van der Waals surface area contributed by atoms with Gasteiger partial charge in [-0.3, -0.25) is 4.79 Å². The molecular formula is C6H12BNO2. The summed E-state index contributed by atoms with van der Waals surface area (Å²) >= 11 is 0.